The van der Waals surface area contributed by atoms with Crippen molar-refractivity contribution in [3.05, 3.63) is 69.8 Å². The molecule has 0 fully saturated rings. The fraction of sp³-hybridized carbons (Fsp3) is 0.318. The van der Waals surface area contributed by atoms with Crippen LogP contribution in [0.25, 0.3) is 6.08 Å². The number of hydrogen-bond donors (Lipinski definition) is 0. The number of carbonyl (C=O) groups is 1. The topological polar surface area (TPSA) is 81.9 Å². The number of methoxy groups -OCH3 is 1. The van der Waals surface area contributed by atoms with Gasteiger partial charge in [0.1, 0.15) is 6.54 Å². The molecule has 0 aliphatic heterocycles. The summed E-state index contributed by atoms with van der Waals surface area (Å²) in [6.45, 7) is 0.330. The molecule has 7 nitrogen and oxygen atoms in total. The molecule has 0 aromatic heterocycles. The number of benzene rings is 2. The normalized spacial score (nSPS) is 11.4. The number of hydrogen-bond acceptors (Lipinski definition) is 5. The van der Waals surface area contributed by atoms with Gasteiger partial charge in [0, 0.05) is 17.7 Å². The number of rotatable bonds is 10. The van der Waals surface area contributed by atoms with E-state index in [2.05, 4.69) is 0 Å². The van der Waals surface area contributed by atoms with Gasteiger partial charge in [-0.25, -0.2) is 0 Å². The average Bonchev–Trinajstić information content (AvgIpc) is 2.75. The van der Waals surface area contributed by atoms with Gasteiger partial charge in [0.05, 0.1) is 25.2 Å². The van der Waals surface area contributed by atoms with Crippen molar-refractivity contribution in [2.24, 2.45) is 0 Å². The highest BCUT2D eigenvalue weighted by atomic mass is 19.4. The lowest BCUT2D eigenvalue weighted by molar-refractivity contribution is -0.385. The van der Waals surface area contributed by atoms with E-state index < -0.39 is 30.1 Å². The second-order valence-electron chi connectivity index (χ2n) is 6.79. The molecular weight excluding hydrogens is 429 g/mol. The smallest absolute Gasteiger partial charge is 0.406 e. The molecule has 0 N–H and O–H groups in total. The molecule has 0 spiro atoms. The summed E-state index contributed by atoms with van der Waals surface area (Å²) in [6, 6.07) is 10.2. The maximum atomic E-state index is 13.1. The minimum atomic E-state index is -4.67. The SMILES string of the molecule is CCCOc1ccc(/C=C/C(=O)N(Cc2ccccc2[N+](=O)[O-])CC(F)(F)F)cc1OC. The van der Waals surface area contributed by atoms with Crippen LogP contribution in [0.15, 0.2) is 48.5 Å². The number of amides is 1. The largest absolute Gasteiger partial charge is 0.493 e. The van der Waals surface area contributed by atoms with Crippen LogP contribution in [0, 0.1) is 10.1 Å². The van der Waals surface area contributed by atoms with Crippen LogP contribution < -0.4 is 9.47 Å². The van der Waals surface area contributed by atoms with Crippen LogP contribution in [-0.4, -0.2) is 42.2 Å². The summed E-state index contributed by atoms with van der Waals surface area (Å²) in [5, 5.41) is 11.2. The Hall–Kier alpha value is -3.56. The van der Waals surface area contributed by atoms with Crippen LogP contribution in [0.4, 0.5) is 18.9 Å². The lowest BCUT2D eigenvalue weighted by atomic mass is 10.1. The van der Waals surface area contributed by atoms with Crippen molar-refractivity contribution < 1.29 is 32.4 Å². The van der Waals surface area contributed by atoms with E-state index in [9.17, 15) is 28.1 Å². The zero-order chi connectivity index (χ0) is 23.7. The molecule has 0 saturated heterocycles. The van der Waals surface area contributed by atoms with E-state index in [4.69, 9.17) is 9.47 Å². The second kappa shape index (κ2) is 11.2. The van der Waals surface area contributed by atoms with E-state index in [-0.39, 0.29) is 11.3 Å². The Kier molecular flexibility index (Phi) is 8.62. The Balaban J connectivity index is 2.25. The number of para-hydroxylation sites is 1. The fourth-order valence-corrected chi connectivity index (χ4v) is 2.85. The minimum absolute atomic E-state index is 0.00240. The van der Waals surface area contributed by atoms with Crippen molar-refractivity contribution in [1.29, 1.82) is 0 Å². The summed E-state index contributed by atoms with van der Waals surface area (Å²) in [6.07, 6.45) is -1.54. The number of nitro groups is 1. The zero-order valence-corrected chi connectivity index (χ0v) is 17.6. The lowest BCUT2D eigenvalue weighted by Gasteiger charge is -2.22. The molecule has 0 bridgehead atoms. The van der Waals surface area contributed by atoms with Crippen molar-refractivity contribution in [1.82, 2.24) is 4.90 Å². The molecule has 0 aliphatic carbocycles. The molecule has 0 aliphatic rings. The molecule has 172 valence electrons. The molecule has 0 saturated carbocycles. The van der Waals surface area contributed by atoms with Crippen LogP contribution >= 0.6 is 0 Å². The van der Waals surface area contributed by atoms with Gasteiger partial charge in [-0.05, 0) is 30.2 Å². The number of halogens is 3. The number of nitro benzene ring substituents is 1. The maximum absolute atomic E-state index is 13.1. The Morgan fingerprint density at radius 1 is 1.19 bits per heavy atom. The first-order valence-corrected chi connectivity index (χ1v) is 9.71. The number of carbonyl (C=O) groups excluding carboxylic acids is 1. The molecule has 1 amide bonds. The highest BCUT2D eigenvalue weighted by molar-refractivity contribution is 5.92. The number of alkyl halides is 3. The number of nitrogens with zero attached hydrogens (tertiary/aromatic N) is 2. The molecule has 10 heteroatoms. The molecule has 2 rings (SSSR count). The highest BCUT2D eigenvalue weighted by Crippen LogP contribution is 2.29. The van der Waals surface area contributed by atoms with Crippen molar-refractivity contribution >= 4 is 17.7 Å². The molecular formula is C22H23F3N2O5. The Morgan fingerprint density at radius 2 is 1.91 bits per heavy atom. The summed E-state index contributed by atoms with van der Waals surface area (Å²) in [4.78, 5) is 23.5. The Bertz CT molecular complexity index is 976. The van der Waals surface area contributed by atoms with Crippen molar-refractivity contribution in [3.63, 3.8) is 0 Å². The molecule has 0 atom stereocenters. The van der Waals surface area contributed by atoms with E-state index in [1.54, 1.807) is 18.2 Å². The quantitative estimate of drug-likeness (QED) is 0.288. The van der Waals surface area contributed by atoms with Gasteiger partial charge in [-0.2, -0.15) is 13.2 Å². The molecule has 32 heavy (non-hydrogen) atoms. The first-order valence-electron chi connectivity index (χ1n) is 9.71. The molecule has 0 unspecified atom stereocenters. The number of ether oxygens (including phenoxy) is 2. The molecule has 0 radical (unpaired) electrons. The summed E-state index contributed by atoms with van der Waals surface area (Å²) >= 11 is 0. The summed E-state index contributed by atoms with van der Waals surface area (Å²) in [5.41, 5.74) is 0.156. The second-order valence-corrected chi connectivity index (χ2v) is 6.79. The van der Waals surface area contributed by atoms with E-state index in [1.165, 1.54) is 37.5 Å². The zero-order valence-electron chi connectivity index (χ0n) is 17.6. The van der Waals surface area contributed by atoms with E-state index in [1.807, 2.05) is 6.92 Å². The molecule has 0 heterocycles. The Labute approximate surface area is 183 Å². The van der Waals surface area contributed by atoms with Gasteiger partial charge >= 0.3 is 6.18 Å². The van der Waals surface area contributed by atoms with Crippen molar-refractivity contribution in [3.8, 4) is 11.5 Å². The fourth-order valence-electron chi connectivity index (χ4n) is 2.85. The minimum Gasteiger partial charge on any atom is -0.493 e. The monoisotopic (exact) mass is 452 g/mol. The third kappa shape index (κ3) is 7.29. The van der Waals surface area contributed by atoms with E-state index in [0.29, 0.717) is 28.6 Å². The highest BCUT2D eigenvalue weighted by Gasteiger charge is 2.33. The van der Waals surface area contributed by atoms with Crippen LogP contribution in [0.1, 0.15) is 24.5 Å². The van der Waals surface area contributed by atoms with Gasteiger partial charge in [-0.3, -0.25) is 14.9 Å². The Morgan fingerprint density at radius 3 is 2.53 bits per heavy atom. The summed E-state index contributed by atoms with van der Waals surface area (Å²) < 4.78 is 50.0. The van der Waals surface area contributed by atoms with E-state index >= 15 is 0 Å². The van der Waals surface area contributed by atoms with Crippen LogP contribution in [0.3, 0.4) is 0 Å². The van der Waals surface area contributed by atoms with Gasteiger partial charge in [-0.1, -0.05) is 31.2 Å². The first-order chi connectivity index (χ1) is 15.1. The maximum Gasteiger partial charge on any atom is 0.406 e. The van der Waals surface area contributed by atoms with Gasteiger partial charge in [0.25, 0.3) is 5.69 Å². The van der Waals surface area contributed by atoms with Crippen LogP contribution in [0.2, 0.25) is 0 Å². The van der Waals surface area contributed by atoms with Crippen LogP contribution in [0.5, 0.6) is 11.5 Å². The summed E-state index contributed by atoms with van der Waals surface area (Å²) in [7, 11) is 1.45. The standard InChI is InChI=1S/C22H23F3N2O5/c1-3-12-32-19-10-8-16(13-20(19)31-2)9-11-21(28)26(15-22(23,24)25)14-17-6-4-5-7-18(17)27(29)30/h4-11,13H,3,12,14-15H2,1-2H3/b11-9+. The average molecular weight is 452 g/mol. The van der Waals surface area contributed by atoms with Gasteiger partial charge < -0.3 is 14.4 Å². The van der Waals surface area contributed by atoms with Crippen LogP contribution in [-0.2, 0) is 11.3 Å². The summed E-state index contributed by atoms with van der Waals surface area (Å²) in [5.74, 6) is -0.0150. The van der Waals surface area contributed by atoms with E-state index in [0.717, 1.165) is 12.5 Å². The van der Waals surface area contributed by atoms with Crippen molar-refractivity contribution in [2.45, 2.75) is 26.1 Å². The van der Waals surface area contributed by atoms with Gasteiger partial charge in [-0.15, -0.1) is 0 Å². The first kappa shape index (κ1) is 24.7. The van der Waals surface area contributed by atoms with Gasteiger partial charge in [0.15, 0.2) is 11.5 Å². The third-order valence-corrected chi connectivity index (χ3v) is 4.30. The predicted molar refractivity (Wildman–Crippen MR) is 112 cm³/mol. The van der Waals surface area contributed by atoms with Gasteiger partial charge in [0.2, 0.25) is 5.91 Å². The third-order valence-electron chi connectivity index (χ3n) is 4.30. The molecule has 2 aromatic carbocycles. The lowest BCUT2D eigenvalue weighted by Crippen LogP contribution is -2.37. The predicted octanol–water partition coefficient (Wildman–Crippen LogP) is 5.00. The van der Waals surface area contributed by atoms with Crippen molar-refractivity contribution in [2.75, 3.05) is 20.3 Å². The molecule has 2 aromatic rings.